The van der Waals surface area contributed by atoms with E-state index >= 15 is 0 Å². The zero-order chi connectivity index (χ0) is 18.4. The van der Waals surface area contributed by atoms with Gasteiger partial charge in [-0.2, -0.15) is 0 Å². The number of para-hydroxylation sites is 1. The molecule has 5 heteroatoms. The molecular weight excluding hydrogens is 328 g/mol. The molecule has 0 saturated heterocycles. The summed E-state index contributed by atoms with van der Waals surface area (Å²) in [6.07, 6.45) is 9.11. The topological polar surface area (TPSA) is 71.2 Å². The molecule has 2 N–H and O–H groups in total. The SMILES string of the molecule is C[C@@H](OC(=O)Cc1c[nH]c2ccccc12)C(=O)NCCC1=CCCCC1. The summed E-state index contributed by atoms with van der Waals surface area (Å²) in [6.45, 7) is 2.21. The number of benzene rings is 1. The fraction of sp³-hybridized carbons (Fsp3) is 0.429. The minimum atomic E-state index is -0.784. The zero-order valence-corrected chi connectivity index (χ0v) is 15.2. The van der Waals surface area contributed by atoms with Crippen molar-refractivity contribution in [3.8, 4) is 0 Å². The van der Waals surface area contributed by atoms with E-state index in [1.165, 1.54) is 18.4 Å². The van der Waals surface area contributed by atoms with Gasteiger partial charge in [-0.15, -0.1) is 0 Å². The van der Waals surface area contributed by atoms with Crippen molar-refractivity contribution in [1.82, 2.24) is 10.3 Å². The smallest absolute Gasteiger partial charge is 0.311 e. The average molecular weight is 354 g/mol. The van der Waals surface area contributed by atoms with E-state index in [4.69, 9.17) is 4.74 Å². The van der Waals surface area contributed by atoms with E-state index in [0.717, 1.165) is 35.7 Å². The van der Waals surface area contributed by atoms with Crippen molar-refractivity contribution in [2.24, 2.45) is 0 Å². The summed E-state index contributed by atoms with van der Waals surface area (Å²) in [6, 6.07) is 7.80. The molecule has 0 saturated carbocycles. The van der Waals surface area contributed by atoms with Crippen molar-refractivity contribution in [2.75, 3.05) is 6.54 Å². The normalized spacial score (nSPS) is 15.3. The van der Waals surface area contributed by atoms with E-state index in [1.807, 2.05) is 30.5 Å². The number of rotatable bonds is 7. The van der Waals surface area contributed by atoms with E-state index in [1.54, 1.807) is 6.92 Å². The van der Waals surface area contributed by atoms with E-state index < -0.39 is 12.1 Å². The van der Waals surface area contributed by atoms with E-state index in [0.29, 0.717) is 6.54 Å². The van der Waals surface area contributed by atoms with Crippen LogP contribution in [0, 0.1) is 0 Å². The van der Waals surface area contributed by atoms with Gasteiger partial charge in [0.2, 0.25) is 0 Å². The Kier molecular flexibility index (Phi) is 6.10. The maximum Gasteiger partial charge on any atom is 0.311 e. The van der Waals surface area contributed by atoms with Crippen LogP contribution in [-0.2, 0) is 20.7 Å². The standard InChI is InChI=1S/C21H26N2O3/c1-15(21(25)22-12-11-16-7-3-2-4-8-16)26-20(24)13-17-14-23-19-10-6-5-9-18(17)19/h5-7,9-10,14-15,23H,2-4,8,11-13H2,1H3,(H,22,25)/t15-/m1/s1. The van der Waals surface area contributed by atoms with Crippen LogP contribution in [0.25, 0.3) is 10.9 Å². The molecule has 26 heavy (non-hydrogen) atoms. The van der Waals surface area contributed by atoms with E-state index in [2.05, 4.69) is 16.4 Å². The minimum Gasteiger partial charge on any atom is -0.452 e. The molecule has 3 rings (SSSR count). The van der Waals surface area contributed by atoms with Gasteiger partial charge in [-0.25, -0.2) is 0 Å². The van der Waals surface area contributed by atoms with Gasteiger partial charge >= 0.3 is 5.97 Å². The van der Waals surface area contributed by atoms with Crippen molar-refractivity contribution in [3.05, 3.63) is 47.7 Å². The Morgan fingerprint density at radius 1 is 1.27 bits per heavy atom. The maximum absolute atomic E-state index is 12.2. The molecule has 0 unspecified atom stereocenters. The second-order valence-electron chi connectivity index (χ2n) is 6.82. The predicted molar refractivity (Wildman–Crippen MR) is 102 cm³/mol. The molecule has 138 valence electrons. The monoisotopic (exact) mass is 354 g/mol. The second-order valence-corrected chi connectivity index (χ2v) is 6.82. The van der Waals surface area contributed by atoms with E-state index in [-0.39, 0.29) is 12.3 Å². The summed E-state index contributed by atoms with van der Waals surface area (Å²) >= 11 is 0. The van der Waals surface area contributed by atoms with Gasteiger partial charge in [-0.1, -0.05) is 29.8 Å². The van der Waals surface area contributed by atoms with Crippen molar-refractivity contribution >= 4 is 22.8 Å². The number of H-pyrrole nitrogens is 1. The first-order chi connectivity index (χ1) is 12.6. The molecule has 0 spiro atoms. The van der Waals surface area contributed by atoms with Crippen molar-refractivity contribution in [1.29, 1.82) is 0 Å². The van der Waals surface area contributed by atoms with Crippen LogP contribution in [-0.4, -0.2) is 29.5 Å². The molecule has 1 aliphatic rings. The summed E-state index contributed by atoms with van der Waals surface area (Å²) in [7, 11) is 0. The molecule has 1 atom stereocenters. The van der Waals surface area contributed by atoms with Crippen LogP contribution in [0.2, 0.25) is 0 Å². The highest BCUT2D eigenvalue weighted by atomic mass is 16.5. The first-order valence-corrected chi connectivity index (χ1v) is 9.33. The lowest BCUT2D eigenvalue weighted by atomic mass is 9.97. The Bertz CT molecular complexity index is 806. The van der Waals surface area contributed by atoms with Gasteiger partial charge < -0.3 is 15.0 Å². The molecule has 0 bridgehead atoms. The third-order valence-corrected chi connectivity index (χ3v) is 4.82. The number of carbonyl (C=O) groups excluding carboxylic acids is 2. The van der Waals surface area contributed by atoms with Gasteiger partial charge in [0.1, 0.15) is 0 Å². The number of fused-ring (bicyclic) bond motifs is 1. The number of aromatic amines is 1. The lowest BCUT2D eigenvalue weighted by molar-refractivity contribution is -0.154. The van der Waals surface area contributed by atoms with Gasteiger partial charge in [-0.3, -0.25) is 9.59 Å². The van der Waals surface area contributed by atoms with Crippen molar-refractivity contribution < 1.29 is 14.3 Å². The minimum absolute atomic E-state index is 0.147. The van der Waals surface area contributed by atoms with Crippen LogP contribution in [0.4, 0.5) is 0 Å². The average Bonchev–Trinajstić information content (AvgIpc) is 3.05. The van der Waals surface area contributed by atoms with Crippen LogP contribution in [0.15, 0.2) is 42.1 Å². The molecule has 0 aliphatic heterocycles. The Morgan fingerprint density at radius 2 is 2.12 bits per heavy atom. The zero-order valence-electron chi connectivity index (χ0n) is 15.2. The van der Waals surface area contributed by atoms with Crippen molar-refractivity contribution in [2.45, 2.75) is 51.6 Å². The number of hydrogen-bond donors (Lipinski definition) is 2. The third kappa shape index (κ3) is 4.75. The third-order valence-electron chi connectivity index (χ3n) is 4.82. The second kappa shape index (κ2) is 8.70. The molecule has 1 amide bonds. The molecule has 0 radical (unpaired) electrons. The number of carbonyl (C=O) groups is 2. The van der Waals surface area contributed by atoms with Crippen LogP contribution in [0.3, 0.4) is 0 Å². The Morgan fingerprint density at radius 3 is 2.92 bits per heavy atom. The fourth-order valence-corrected chi connectivity index (χ4v) is 3.35. The first kappa shape index (κ1) is 18.2. The van der Waals surface area contributed by atoms with Gasteiger partial charge in [0, 0.05) is 23.6 Å². The molecule has 0 fully saturated rings. The van der Waals surface area contributed by atoms with Crippen molar-refractivity contribution in [3.63, 3.8) is 0 Å². The first-order valence-electron chi connectivity index (χ1n) is 9.33. The molecule has 2 aromatic rings. The Labute approximate surface area is 153 Å². The van der Waals surface area contributed by atoms with Gasteiger partial charge in [-0.05, 0) is 50.7 Å². The lowest BCUT2D eigenvalue weighted by Crippen LogP contribution is -2.36. The van der Waals surface area contributed by atoms with Crippen LogP contribution >= 0.6 is 0 Å². The Balaban J connectivity index is 1.44. The number of hydrogen-bond acceptors (Lipinski definition) is 3. The number of esters is 1. The van der Waals surface area contributed by atoms with Crippen LogP contribution < -0.4 is 5.32 Å². The lowest BCUT2D eigenvalue weighted by Gasteiger charge is -2.15. The fourth-order valence-electron chi connectivity index (χ4n) is 3.35. The summed E-state index contributed by atoms with van der Waals surface area (Å²) in [4.78, 5) is 27.4. The number of allylic oxidation sites excluding steroid dienone is 1. The van der Waals surface area contributed by atoms with Crippen LogP contribution in [0.1, 0.15) is 44.6 Å². The number of aromatic nitrogens is 1. The Hall–Kier alpha value is -2.56. The summed E-state index contributed by atoms with van der Waals surface area (Å²) in [5, 5.41) is 3.86. The number of amides is 1. The summed E-state index contributed by atoms with van der Waals surface area (Å²) in [5.41, 5.74) is 3.28. The molecular formula is C21H26N2O3. The van der Waals surface area contributed by atoms with Gasteiger partial charge in [0.15, 0.2) is 6.10 Å². The molecule has 1 heterocycles. The highest BCUT2D eigenvalue weighted by Gasteiger charge is 2.18. The highest BCUT2D eigenvalue weighted by Crippen LogP contribution is 2.20. The van der Waals surface area contributed by atoms with E-state index in [9.17, 15) is 9.59 Å². The summed E-state index contributed by atoms with van der Waals surface area (Å²) in [5.74, 6) is -0.638. The van der Waals surface area contributed by atoms with Gasteiger partial charge in [0.05, 0.1) is 6.42 Å². The molecule has 5 nitrogen and oxygen atoms in total. The predicted octanol–water partition coefficient (Wildman–Crippen LogP) is 3.65. The number of ether oxygens (including phenoxy) is 1. The van der Waals surface area contributed by atoms with Crippen LogP contribution in [0.5, 0.6) is 0 Å². The molecule has 1 aromatic carbocycles. The largest absolute Gasteiger partial charge is 0.452 e. The van der Waals surface area contributed by atoms with Gasteiger partial charge in [0.25, 0.3) is 5.91 Å². The number of nitrogens with one attached hydrogen (secondary N) is 2. The summed E-state index contributed by atoms with van der Waals surface area (Å²) < 4.78 is 5.30. The quantitative estimate of drug-likeness (QED) is 0.589. The molecule has 1 aromatic heterocycles. The molecule has 1 aliphatic carbocycles. The maximum atomic E-state index is 12.2. The highest BCUT2D eigenvalue weighted by molar-refractivity contribution is 5.88.